The molecule has 1 fully saturated rings. The quantitative estimate of drug-likeness (QED) is 0.895. The zero-order valence-corrected chi connectivity index (χ0v) is 12.1. The van der Waals surface area contributed by atoms with E-state index in [4.69, 9.17) is 4.74 Å². The van der Waals surface area contributed by atoms with Crippen molar-refractivity contribution >= 4 is 5.91 Å². The SMILES string of the molecule is CC1=C(C(=O)N2CC(c3nn[nH]n3)C2)Cc2ccccc2O1. The van der Waals surface area contributed by atoms with Crippen molar-refractivity contribution < 1.29 is 9.53 Å². The van der Waals surface area contributed by atoms with Gasteiger partial charge in [0.1, 0.15) is 11.5 Å². The lowest BCUT2D eigenvalue weighted by Crippen LogP contribution is -2.50. The maximum absolute atomic E-state index is 12.6. The van der Waals surface area contributed by atoms with Gasteiger partial charge in [0.25, 0.3) is 5.91 Å². The monoisotopic (exact) mass is 297 g/mol. The lowest BCUT2D eigenvalue weighted by Gasteiger charge is -2.38. The minimum absolute atomic E-state index is 0.0340. The van der Waals surface area contributed by atoms with Crippen molar-refractivity contribution in [2.75, 3.05) is 13.1 Å². The second-order valence-electron chi connectivity index (χ2n) is 5.60. The minimum atomic E-state index is 0.0340. The molecule has 4 rings (SSSR count). The van der Waals surface area contributed by atoms with E-state index in [0.29, 0.717) is 31.1 Å². The van der Waals surface area contributed by atoms with Crippen LogP contribution in [0.2, 0.25) is 0 Å². The van der Waals surface area contributed by atoms with Gasteiger partial charge in [-0.05, 0) is 18.6 Å². The summed E-state index contributed by atoms with van der Waals surface area (Å²) in [7, 11) is 0. The van der Waals surface area contributed by atoms with Gasteiger partial charge in [0.2, 0.25) is 0 Å². The van der Waals surface area contributed by atoms with Crippen LogP contribution in [-0.4, -0.2) is 44.5 Å². The number of benzene rings is 1. The standard InChI is InChI=1S/C15H15N5O2/c1-9-12(6-10-4-2-3-5-13(10)22-9)15(21)20-7-11(8-20)14-16-18-19-17-14/h2-5,11H,6-8H2,1H3,(H,16,17,18,19). The average molecular weight is 297 g/mol. The van der Waals surface area contributed by atoms with Crippen LogP contribution in [0.4, 0.5) is 0 Å². The van der Waals surface area contributed by atoms with Gasteiger partial charge < -0.3 is 9.64 Å². The van der Waals surface area contributed by atoms with Crippen molar-refractivity contribution in [2.45, 2.75) is 19.3 Å². The Bertz CT molecular complexity index is 747. The highest BCUT2D eigenvalue weighted by Crippen LogP contribution is 2.32. The molecule has 1 N–H and O–H groups in total. The Morgan fingerprint density at radius 2 is 2.18 bits per heavy atom. The number of para-hydroxylation sites is 1. The number of hydrogen-bond donors (Lipinski definition) is 1. The van der Waals surface area contributed by atoms with E-state index in [-0.39, 0.29) is 11.8 Å². The zero-order valence-electron chi connectivity index (χ0n) is 12.1. The molecule has 0 atom stereocenters. The minimum Gasteiger partial charge on any atom is -0.461 e. The molecule has 1 amide bonds. The summed E-state index contributed by atoms with van der Waals surface area (Å²) in [4.78, 5) is 14.4. The van der Waals surface area contributed by atoms with Gasteiger partial charge in [-0.3, -0.25) is 4.79 Å². The van der Waals surface area contributed by atoms with Crippen LogP contribution in [0.15, 0.2) is 35.6 Å². The van der Waals surface area contributed by atoms with E-state index < -0.39 is 0 Å². The van der Waals surface area contributed by atoms with Gasteiger partial charge in [-0.15, -0.1) is 10.2 Å². The van der Waals surface area contributed by atoms with Crippen molar-refractivity contribution in [3.63, 3.8) is 0 Å². The van der Waals surface area contributed by atoms with Gasteiger partial charge in [0, 0.05) is 19.5 Å². The van der Waals surface area contributed by atoms with Gasteiger partial charge in [0.05, 0.1) is 11.5 Å². The molecule has 2 aromatic rings. The molecular weight excluding hydrogens is 282 g/mol. The molecule has 0 unspecified atom stereocenters. The van der Waals surface area contributed by atoms with E-state index in [1.807, 2.05) is 31.2 Å². The number of carbonyl (C=O) groups excluding carboxylic acids is 1. The number of likely N-dealkylation sites (tertiary alicyclic amines) is 1. The van der Waals surface area contributed by atoms with E-state index in [0.717, 1.165) is 16.9 Å². The molecule has 0 bridgehead atoms. The van der Waals surface area contributed by atoms with Crippen LogP contribution >= 0.6 is 0 Å². The molecule has 22 heavy (non-hydrogen) atoms. The number of amides is 1. The van der Waals surface area contributed by atoms with Crippen molar-refractivity contribution in [1.29, 1.82) is 0 Å². The van der Waals surface area contributed by atoms with Crippen LogP contribution in [0, 0.1) is 0 Å². The molecule has 0 radical (unpaired) electrons. The van der Waals surface area contributed by atoms with Crippen LogP contribution in [0.3, 0.4) is 0 Å². The van der Waals surface area contributed by atoms with Crippen LogP contribution in [0.25, 0.3) is 0 Å². The molecule has 2 aliphatic rings. The van der Waals surface area contributed by atoms with E-state index >= 15 is 0 Å². The summed E-state index contributed by atoms with van der Waals surface area (Å²) in [6, 6.07) is 7.81. The third kappa shape index (κ3) is 2.05. The molecule has 1 aromatic carbocycles. The third-order valence-corrected chi connectivity index (χ3v) is 4.18. The number of rotatable bonds is 2. The van der Waals surface area contributed by atoms with E-state index in [2.05, 4.69) is 20.6 Å². The summed E-state index contributed by atoms with van der Waals surface area (Å²) in [5.41, 5.74) is 1.77. The predicted molar refractivity (Wildman–Crippen MR) is 77.0 cm³/mol. The highest BCUT2D eigenvalue weighted by Gasteiger charge is 2.37. The fourth-order valence-electron chi connectivity index (χ4n) is 2.86. The van der Waals surface area contributed by atoms with Crippen molar-refractivity contribution in [3.8, 4) is 5.75 Å². The molecule has 112 valence electrons. The summed E-state index contributed by atoms with van der Waals surface area (Å²) in [6.07, 6.45) is 0.615. The molecule has 0 saturated carbocycles. The molecule has 0 aliphatic carbocycles. The summed E-state index contributed by atoms with van der Waals surface area (Å²) in [5, 5.41) is 13.9. The lowest BCUT2D eigenvalue weighted by atomic mass is 9.94. The molecule has 0 spiro atoms. The number of allylic oxidation sites excluding steroid dienone is 1. The van der Waals surface area contributed by atoms with Crippen molar-refractivity contribution in [3.05, 3.63) is 47.0 Å². The molecule has 1 aromatic heterocycles. The smallest absolute Gasteiger partial charge is 0.253 e. The van der Waals surface area contributed by atoms with E-state index in [1.54, 1.807) is 4.90 Å². The van der Waals surface area contributed by atoms with Gasteiger partial charge in [-0.2, -0.15) is 5.21 Å². The Morgan fingerprint density at radius 1 is 1.36 bits per heavy atom. The number of aromatic nitrogens is 4. The maximum Gasteiger partial charge on any atom is 0.253 e. The number of carbonyl (C=O) groups is 1. The Labute approximate surface area is 127 Å². The molecular formula is C15H15N5O2. The molecule has 7 nitrogen and oxygen atoms in total. The summed E-state index contributed by atoms with van der Waals surface area (Å²) < 4.78 is 5.78. The number of fused-ring (bicyclic) bond motifs is 1. The second-order valence-corrected chi connectivity index (χ2v) is 5.60. The van der Waals surface area contributed by atoms with E-state index in [9.17, 15) is 4.79 Å². The lowest BCUT2D eigenvalue weighted by molar-refractivity contribution is -0.131. The summed E-state index contributed by atoms with van der Waals surface area (Å²) in [6.45, 7) is 3.09. The fourth-order valence-corrected chi connectivity index (χ4v) is 2.86. The van der Waals surface area contributed by atoms with Gasteiger partial charge in [-0.25, -0.2) is 0 Å². The highest BCUT2D eigenvalue weighted by atomic mass is 16.5. The number of aromatic amines is 1. The number of tetrazole rings is 1. The first kappa shape index (κ1) is 13.0. The average Bonchev–Trinajstić information content (AvgIpc) is 2.98. The Kier molecular flexibility index (Phi) is 2.92. The molecule has 7 heteroatoms. The normalized spacial score (nSPS) is 17.8. The first-order valence-corrected chi connectivity index (χ1v) is 7.20. The number of nitrogens with zero attached hydrogens (tertiary/aromatic N) is 4. The van der Waals surface area contributed by atoms with Gasteiger partial charge >= 0.3 is 0 Å². The predicted octanol–water partition coefficient (Wildman–Crippen LogP) is 1.03. The van der Waals surface area contributed by atoms with Crippen LogP contribution < -0.4 is 4.74 Å². The first-order valence-electron chi connectivity index (χ1n) is 7.20. The molecule has 1 saturated heterocycles. The molecule has 3 heterocycles. The van der Waals surface area contributed by atoms with Gasteiger partial charge in [-0.1, -0.05) is 23.4 Å². The maximum atomic E-state index is 12.6. The fraction of sp³-hybridized carbons (Fsp3) is 0.333. The number of H-pyrrole nitrogens is 1. The summed E-state index contributed by atoms with van der Waals surface area (Å²) in [5.74, 6) is 2.39. The number of hydrogen-bond acceptors (Lipinski definition) is 5. The first-order chi connectivity index (χ1) is 10.7. The topological polar surface area (TPSA) is 84.0 Å². The van der Waals surface area contributed by atoms with Crippen LogP contribution in [-0.2, 0) is 11.2 Å². The van der Waals surface area contributed by atoms with Gasteiger partial charge in [0.15, 0.2) is 5.82 Å². The number of nitrogens with one attached hydrogen (secondary N) is 1. The zero-order chi connectivity index (χ0) is 15.1. The molecule has 2 aliphatic heterocycles. The Hall–Kier alpha value is -2.70. The van der Waals surface area contributed by atoms with E-state index in [1.165, 1.54) is 0 Å². The highest BCUT2D eigenvalue weighted by molar-refractivity contribution is 5.95. The third-order valence-electron chi connectivity index (χ3n) is 4.18. The van der Waals surface area contributed by atoms with Crippen molar-refractivity contribution in [1.82, 2.24) is 25.5 Å². The second kappa shape index (κ2) is 4.94. The number of ether oxygens (including phenoxy) is 1. The van der Waals surface area contributed by atoms with Crippen LogP contribution in [0.5, 0.6) is 5.75 Å². The Morgan fingerprint density at radius 3 is 2.95 bits per heavy atom. The van der Waals surface area contributed by atoms with Crippen LogP contribution in [0.1, 0.15) is 24.2 Å². The largest absolute Gasteiger partial charge is 0.461 e. The van der Waals surface area contributed by atoms with Crippen molar-refractivity contribution in [2.24, 2.45) is 0 Å². The summed E-state index contributed by atoms with van der Waals surface area (Å²) >= 11 is 0. The Balaban J connectivity index is 1.48.